The van der Waals surface area contributed by atoms with Crippen molar-refractivity contribution in [2.75, 3.05) is 6.61 Å². The van der Waals surface area contributed by atoms with Crippen molar-refractivity contribution >= 4 is 5.91 Å². The van der Waals surface area contributed by atoms with Gasteiger partial charge in [0.1, 0.15) is 23.9 Å². The van der Waals surface area contributed by atoms with E-state index in [1.807, 2.05) is 6.92 Å². The highest BCUT2D eigenvalue weighted by Crippen LogP contribution is 2.19. The van der Waals surface area contributed by atoms with E-state index in [-0.39, 0.29) is 18.7 Å². The van der Waals surface area contributed by atoms with Crippen LogP contribution in [-0.2, 0) is 17.9 Å². The number of amides is 1. The maximum atomic E-state index is 13.6. The smallest absolute Gasteiger partial charge is 0.267 e. The van der Waals surface area contributed by atoms with Crippen molar-refractivity contribution in [3.05, 3.63) is 82.1 Å². The van der Waals surface area contributed by atoms with E-state index in [2.05, 4.69) is 10.4 Å². The molecule has 0 saturated carbocycles. The maximum Gasteiger partial charge on any atom is 0.267 e. The number of carbonyl (C=O) groups excluding carboxylic acids is 1. The van der Waals surface area contributed by atoms with E-state index >= 15 is 0 Å². The number of hydrogen-bond acceptors (Lipinski definition) is 4. The molecule has 1 aromatic heterocycles. The highest BCUT2D eigenvalue weighted by Gasteiger charge is 2.10. The van der Waals surface area contributed by atoms with Crippen molar-refractivity contribution < 1.29 is 18.3 Å². The lowest BCUT2D eigenvalue weighted by Crippen LogP contribution is -2.33. The van der Waals surface area contributed by atoms with Gasteiger partial charge in [-0.1, -0.05) is 6.07 Å². The van der Waals surface area contributed by atoms with Gasteiger partial charge < -0.3 is 10.1 Å². The highest BCUT2D eigenvalue weighted by molar-refractivity contribution is 5.75. The van der Waals surface area contributed by atoms with Crippen LogP contribution in [0.25, 0.3) is 11.3 Å². The molecule has 0 atom stereocenters. The molecule has 0 aliphatic carbocycles. The van der Waals surface area contributed by atoms with Crippen LogP contribution in [-0.4, -0.2) is 22.3 Å². The highest BCUT2D eigenvalue weighted by atomic mass is 19.1. The van der Waals surface area contributed by atoms with Gasteiger partial charge in [-0.2, -0.15) is 5.10 Å². The number of rotatable bonds is 7. The molecule has 2 aromatic carbocycles. The van der Waals surface area contributed by atoms with E-state index in [0.29, 0.717) is 12.3 Å². The minimum absolute atomic E-state index is 0.127. The molecular formula is C21H19F2N3O3. The Morgan fingerprint density at radius 3 is 2.55 bits per heavy atom. The van der Waals surface area contributed by atoms with Gasteiger partial charge in [0.2, 0.25) is 5.91 Å². The van der Waals surface area contributed by atoms with Crippen LogP contribution in [0.4, 0.5) is 8.78 Å². The largest absolute Gasteiger partial charge is 0.494 e. The van der Waals surface area contributed by atoms with Crippen LogP contribution in [0.2, 0.25) is 0 Å². The third-order valence-corrected chi connectivity index (χ3v) is 4.11. The van der Waals surface area contributed by atoms with Crippen molar-refractivity contribution in [2.45, 2.75) is 20.0 Å². The van der Waals surface area contributed by atoms with Crippen LogP contribution in [0.3, 0.4) is 0 Å². The molecular weight excluding hydrogens is 380 g/mol. The van der Waals surface area contributed by atoms with E-state index in [1.165, 1.54) is 12.1 Å². The van der Waals surface area contributed by atoms with Crippen molar-refractivity contribution in [2.24, 2.45) is 0 Å². The molecule has 0 aliphatic rings. The van der Waals surface area contributed by atoms with Gasteiger partial charge in [0.05, 0.1) is 12.3 Å². The average molecular weight is 399 g/mol. The van der Waals surface area contributed by atoms with E-state index in [1.54, 1.807) is 30.3 Å². The molecule has 0 aliphatic heterocycles. The van der Waals surface area contributed by atoms with Crippen molar-refractivity contribution in [1.82, 2.24) is 15.1 Å². The Morgan fingerprint density at radius 2 is 1.86 bits per heavy atom. The number of carbonyl (C=O) groups is 1. The van der Waals surface area contributed by atoms with Gasteiger partial charge in [0.15, 0.2) is 0 Å². The minimum Gasteiger partial charge on any atom is -0.494 e. The minimum atomic E-state index is -0.752. The fourth-order valence-electron chi connectivity index (χ4n) is 2.66. The number of ether oxygens (including phenoxy) is 1. The maximum absolute atomic E-state index is 13.6. The molecule has 0 unspecified atom stereocenters. The van der Waals surface area contributed by atoms with Crippen molar-refractivity contribution in [1.29, 1.82) is 0 Å². The monoisotopic (exact) mass is 399 g/mol. The van der Waals surface area contributed by atoms with Crippen molar-refractivity contribution in [3.8, 4) is 17.0 Å². The van der Waals surface area contributed by atoms with Gasteiger partial charge in [0, 0.05) is 29.8 Å². The molecule has 0 spiro atoms. The fraction of sp³-hybridized carbons (Fsp3) is 0.190. The van der Waals surface area contributed by atoms with E-state index in [9.17, 15) is 18.4 Å². The summed E-state index contributed by atoms with van der Waals surface area (Å²) >= 11 is 0. The van der Waals surface area contributed by atoms with E-state index < -0.39 is 23.1 Å². The molecule has 1 N–H and O–H groups in total. The molecule has 0 fully saturated rings. The molecule has 0 bridgehead atoms. The van der Waals surface area contributed by atoms with Crippen LogP contribution in [0.15, 0.2) is 59.4 Å². The number of benzene rings is 2. The van der Waals surface area contributed by atoms with Gasteiger partial charge in [-0.3, -0.25) is 9.59 Å². The Hall–Kier alpha value is -3.55. The Balaban J connectivity index is 1.69. The second-order valence-corrected chi connectivity index (χ2v) is 6.18. The number of hydrogen-bond donors (Lipinski definition) is 1. The number of nitrogens with one attached hydrogen (secondary N) is 1. The summed E-state index contributed by atoms with van der Waals surface area (Å²) in [4.78, 5) is 24.2. The zero-order valence-electron chi connectivity index (χ0n) is 15.7. The predicted octanol–water partition coefficient (Wildman–Crippen LogP) is 2.90. The Kier molecular flexibility index (Phi) is 6.33. The second kappa shape index (κ2) is 9.09. The van der Waals surface area contributed by atoms with Gasteiger partial charge in [0.25, 0.3) is 5.56 Å². The molecule has 0 saturated heterocycles. The zero-order valence-corrected chi connectivity index (χ0v) is 15.7. The number of halogens is 2. The first kappa shape index (κ1) is 20.2. The topological polar surface area (TPSA) is 73.2 Å². The normalized spacial score (nSPS) is 10.6. The molecule has 3 aromatic rings. The van der Waals surface area contributed by atoms with Crippen LogP contribution in [0.1, 0.15) is 12.5 Å². The first-order chi connectivity index (χ1) is 14.0. The molecule has 3 rings (SSSR count). The third kappa shape index (κ3) is 5.25. The van der Waals surface area contributed by atoms with Crippen LogP contribution < -0.4 is 15.6 Å². The van der Waals surface area contributed by atoms with E-state index in [0.717, 1.165) is 28.1 Å². The molecule has 29 heavy (non-hydrogen) atoms. The summed E-state index contributed by atoms with van der Waals surface area (Å²) in [6.45, 7) is 1.99. The predicted molar refractivity (Wildman–Crippen MR) is 103 cm³/mol. The summed E-state index contributed by atoms with van der Waals surface area (Å²) in [5.74, 6) is -1.25. The van der Waals surface area contributed by atoms with Crippen LogP contribution in [0.5, 0.6) is 5.75 Å². The summed E-state index contributed by atoms with van der Waals surface area (Å²) in [5, 5.41) is 6.72. The summed E-state index contributed by atoms with van der Waals surface area (Å²) in [5.41, 5.74) is 0.979. The third-order valence-electron chi connectivity index (χ3n) is 4.11. The van der Waals surface area contributed by atoms with Gasteiger partial charge >= 0.3 is 0 Å². The first-order valence-corrected chi connectivity index (χ1v) is 8.98. The standard InChI is InChI=1S/C21H19F2N3O3/c1-2-29-17-7-4-14(5-8-17)19-9-10-21(28)26(25-19)13-20(27)24-12-15-3-6-16(22)11-18(15)23/h3-11H,2,12-13H2,1H3,(H,24,27). The second-order valence-electron chi connectivity index (χ2n) is 6.18. The number of aromatic nitrogens is 2. The molecule has 8 heteroatoms. The van der Waals surface area contributed by atoms with Crippen LogP contribution >= 0.6 is 0 Å². The molecule has 1 amide bonds. The molecule has 0 radical (unpaired) electrons. The Labute approximate surface area is 165 Å². The van der Waals surface area contributed by atoms with Gasteiger partial charge in [-0.15, -0.1) is 0 Å². The first-order valence-electron chi connectivity index (χ1n) is 8.98. The Bertz CT molecular complexity index is 1070. The summed E-state index contributed by atoms with van der Waals surface area (Å²) < 4.78 is 33.0. The molecule has 150 valence electrons. The van der Waals surface area contributed by atoms with E-state index in [4.69, 9.17) is 4.74 Å². The van der Waals surface area contributed by atoms with Gasteiger partial charge in [-0.25, -0.2) is 13.5 Å². The Morgan fingerprint density at radius 1 is 1.10 bits per heavy atom. The summed E-state index contributed by atoms with van der Waals surface area (Å²) in [7, 11) is 0. The average Bonchev–Trinajstić information content (AvgIpc) is 2.70. The molecule has 6 nitrogen and oxygen atoms in total. The summed E-state index contributed by atoms with van der Waals surface area (Å²) in [6, 6.07) is 13.2. The van der Waals surface area contributed by atoms with Crippen LogP contribution in [0, 0.1) is 11.6 Å². The lowest BCUT2D eigenvalue weighted by atomic mass is 10.1. The fourth-order valence-corrected chi connectivity index (χ4v) is 2.66. The molecule has 1 heterocycles. The zero-order chi connectivity index (χ0) is 20.8. The van der Waals surface area contributed by atoms with Crippen molar-refractivity contribution in [3.63, 3.8) is 0 Å². The SMILES string of the molecule is CCOc1ccc(-c2ccc(=O)n(CC(=O)NCc3ccc(F)cc3F)n2)cc1. The quantitative estimate of drug-likeness (QED) is 0.663. The lowest BCUT2D eigenvalue weighted by molar-refractivity contribution is -0.122. The lowest BCUT2D eigenvalue weighted by Gasteiger charge is -2.09. The summed E-state index contributed by atoms with van der Waals surface area (Å²) in [6.07, 6.45) is 0. The number of nitrogens with zero attached hydrogens (tertiary/aromatic N) is 2. The van der Waals surface area contributed by atoms with Gasteiger partial charge in [-0.05, 0) is 43.3 Å².